The molecule has 0 aliphatic heterocycles. The fraction of sp³-hybridized carbons (Fsp3) is 0.259. The van der Waals surface area contributed by atoms with Crippen LogP contribution < -0.4 is 4.72 Å². The van der Waals surface area contributed by atoms with Crippen LogP contribution in [0.2, 0.25) is 5.02 Å². The highest BCUT2D eigenvalue weighted by Crippen LogP contribution is 2.25. The molecule has 4 rings (SSSR count). The third-order valence-electron chi connectivity index (χ3n) is 6.04. The number of esters is 1. The molecular formula is C27H28ClN3O4S. The number of sulfonamides is 1. The summed E-state index contributed by atoms with van der Waals surface area (Å²) in [6.07, 6.45) is 8.80. The Balaban J connectivity index is 1.43. The van der Waals surface area contributed by atoms with Gasteiger partial charge in [-0.3, -0.25) is 4.98 Å². The molecule has 36 heavy (non-hydrogen) atoms. The zero-order chi connectivity index (χ0) is 25.5. The van der Waals surface area contributed by atoms with Gasteiger partial charge in [0.1, 0.15) is 0 Å². The van der Waals surface area contributed by atoms with Crippen molar-refractivity contribution in [3.8, 4) is 0 Å². The number of carbonyl (C=O) groups excluding carboxylic acids is 1. The highest BCUT2D eigenvalue weighted by Gasteiger charge is 2.15. The Kier molecular flexibility index (Phi) is 8.40. The molecule has 188 valence electrons. The summed E-state index contributed by atoms with van der Waals surface area (Å²) in [5.74, 6) is -0.373. The van der Waals surface area contributed by atoms with Gasteiger partial charge in [-0.15, -0.1) is 0 Å². The largest absolute Gasteiger partial charge is 0.465 e. The maximum atomic E-state index is 12.5. The lowest BCUT2D eigenvalue weighted by Gasteiger charge is -2.07. The third-order valence-corrected chi connectivity index (χ3v) is 7.77. The smallest absolute Gasteiger partial charge is 0.337 e. The summed E-state index contributed by atoms with van der Waals surface area (Å²) in [7, 11) is -2.20. The topological polar surface area (TPSA) is 90.3 Å². The number of methoxy groups -OCH3 is 1. The molecule has 0 unspecified atom stereocenters. The summed E-state index contributed by atoms with van der Waals surface area (Å²) in [5, 5.41) is 1.50. The Morgan fingerprint density at radius 1 is 1.08 bits per heavy atom. The number of hydrogen-bond acceptors (Lipinski definition) is 5. The lowest BCUT2D eigenvalue weighted by Crippen LogP contribution is -2.24. The van der Waals surface area contributed by atoms with Crippen LogP contribution in [0.3, 0.4) is 0 Å². The van der Waals surface area contributed by atoms with Crippen molar-refractivity contribution in [3.63, 3.8) is 0 Å². The number of aryl methyl sites for hydroxylation is 3. The van der Waals surface area contributed by atoms with Crippen LogP contribution in [0.5, 0.6) is 0 Å². The van der Waals surface area contributed by atoms with E-state index in [4.69, 9.17) is 16.3 Å². The zero-order valence-electron chi connectivity index (χ0n) is 20.0. The first-order valence-electron chi connectivity index (χ1n) is 11.7. The maximum absolute atomic E-state index is 12.5. The van der Waals surface area contributed by atoms with Crippen LogP contribution in [0.25, 0.3) is 10.9 Å². The van der Waals surface area contributed by atoms with Crippen molar-refractivity contribution in [3.05, 3.63) is 94.9 Å². The van der Waals surface area contributed by atoms with E-state index in [2.05, 4.69) is 26.5 Å². The van der Waals surface area contributed by atoms with E-state index in [-0.39, 0.29) is 10.9 Å². The number of fused-ring (bicyclic) bond motifs is 1. The van der Waals surface area contributed by atoms with E-state index in [0.717, 1.165) is 47.8 Å². The number of hydrogen-bond donors (Lipinski definition) is 1. The Bertz CT molecular complexity index is 1440. The van der Waals surface area contributed by atoms with Crippen LogP contribution in [0.15, 0.2) is 78.1 Å². The van der Waals surface area contributed by atoms with Gasteiger partial charge in [-0.1, -0.05) is 17.7 Å². The minimum absolute atomic E-state index is 0.193. The van der Waals surface area contributed by atoms with Crippen molar-refractivity contribution in [1.82, 2.24) is 14.3 Å². The van der Waals surface area contributed by atoms with Crippen molar-refractivity contribution in [2.75, 3.05) is 13.7 Å². The van der Waals surface area contributed by atoms with E-state index in [0.29, 0.717) is 23.6 Å². The van der Waals surface area contributed by atoms with E-state index < -0.39 is 10.0 Å². The molecule has 1 N–H and O–H groups in total. The molecule has 2 heterocycles. The van der Waals surface area contributed by atoms with Gasteiger partial charge in [-0.2, -0.15) is 0 Å². The van der Waals surface area contributed by atoms with E-state index in [9.17, 15) is 13.2 Å². The Labute approximate surface area is 216 Å². The maximum Gasteiger partial charge on any atom is 0.337 e. The number of carbonyl (C=O) groups is 1. The third kappa shape index (κ3) is 6.32. The average molecular weight is 526 g/mol. The molecule has 0 fully saturated rings. The van der Waals surface area contributed by atoms with Crippen LogP contribution >= 0.6 is 11.6 Å². The predicted octanol–water partition coefficient (Wildman–Crippen LogP) is 5.02. The second-order valence-corrected chi connectivity index (χ2v) is 10.7. The summed E-state index contributed by atoms with van der Waals surface area (Å²) < 4.78 is 34.7. The van der Waals surface area contributed by atoms with E-state index in [1.807, 2.05) is 24.4 Å². The van der Waals surface area contributed by atoms with E-state index in [1.54, 1.807) is 24.4 Å². The summed E-state index contributed by atoms with van der Waals surface area (Å²) >= 11 is 5.85. The monoisotopic (exact) mass is 525 g/mol. The van der Waals surface area contributed by atoms with Gasteiger partial charge in [0.25, 0.3) is 0 Å². The number of halogens is 1. The summed E-state index contributed by atoms with van der Waals surface area (Å²) in [6.45, 7) is 1.11. The summed E-state index contributed by atoms with van der Waals surface area (Å²) in [6, 6.07) is 15.7. The molecule has 0 aliphatic rings. The normalized spacial score (nSPS) is 11.6. The SMILES string of the molecule is COC(=O)c1ccc2c(c1)c(CCCCNS(=O)(=O)c1ccc(Cl)cc1)cn2CCc1cccnc1. The number of rotatable bonds is 11. The van der Waals surface area contributed by atoms with Crippen LogP contribution in [0.1, 0.15) is 34.3 Å². The molecule has 7 nitrogen and oxygen atoms in total. The molecule has 2 aromatic heterocycles. The van der Waals surface area contributed by atoms with Crippen molar-refractivity contribution in [1.29, 1.82) is 0 Å². The Hall–Kier alpha value is -3.20. The second-order valence-electron chi connectivity index (χ2n) is 8.49. The number of nitrogens with one attached hydrogen (secondary N) is 1. The molecule has 0 radical (unpaired) electrons. The fourth-order valence-corrected chi connectivity index (χ4v) is 5.34. The average Bonchev–Trinajstić information content (AvgIpc) is 3.24. The highest BCUT2D eigenvalue weighted by atomic mass is 35.5. The van der Waals surface area contributed by atoms with Gasteiger partial charge in [-0.25, -0.2) is 17.9 Å². The van der Waals surface area contributed by atoms with E-state index >= 15 is 0 Å². The van der Waals surface area contributed by atoms with Gasteiger partial charge in [0.05, 0.1) is 17.6 Å². The number of aromatic nitrogens is 2. The van der Waals surface area contributed by atoms with Crippen LogP contribution in [0.4, 0.5) is 0 Å². The summed E-state index contributed by atoms with van der Waals surface area (Å²) in [4.78, 5) is 16.5. The highest BCUT2D eigenvalue weighted by molar-refractivity contribution is 7.89. The van der Waals surface area contributed by atoms with Gasteiger partial charge in [-0.05, 0) is 85.3 Å². The molecule has 2 aromatic carbocycles. The predicted molar refractivity (Wildman–Crippen MR) is 141 cm³/mol. The van der Waals surface area contributed by atoms with Crippen LogP contribution in [-0.2, 0) is 34.1 Å². The number of nitrogens with zero attached hydrogens (tertiary/aromatic N) is 2. The first-order valence-corrected chi connectivity index (χ1v) is 13.6. The van der Waals surface area contributed by atoms with Gasteiger partial charge in [0.2, 0.25) is 10.0 Å². The van der Waals surface area contributed by atoms with Crippen molar-refractivity contribution >= 4 is 38.5 Å². The molecule has 0 amide bonds. The van der Waals surface area contributed by atoms with Crippen molar-refractivity contribution < 1.29 is 17.9 Å². The zero-order valence-corrected chi connectivity index (χ0v) is 21.6. The van der Waals surface area contributed by atoms with Gasteiger partial charge in [0.15, 0.2) is 0 Å². The molecule has 0 saturated carbocycles. The van der Waals surface area contributed by atoms with E-state index in [1.165, 1.54) is 19.2 Å². The van der Waals surface area contributed by atoms with Gasteiger partial charge < -0.3 is 9.30 Å². The van der Waals surface area contributed by atoms with Gasteiger partial charge >= 0.3 is 5.97 Å². The van der Waals surface area contributed by atoms with Crippen LogP contribution in [0, 0.1) is 0 Å². The molecule has 0 atom stereocenters. The quantitative estimate of drug-likeness (QED) is 0.219. The Morgan fingerprint density at radius 3 is 2.61 bits per heavy atom. The first kappa shape index (κ1) is 25.9. The number of pyridine rings is 1. The van der Waals surface area contributed by atoms with Crippen molar-refractivity contribution in [2.45, 2.75) is 37.1 Å². The first-order chi connectivity index (χ1) is 17.4. The lowest BCUT2D eigenvalue weighted by atomic mass is 10.0. The lowest BCUT2D eigenvalue weighted by molar-refractivity contribution is 0.0601. The summed E-state index contributed by atoms with van der Waals surface area (Å²) in [5.41, 5.74) is 3.82. The van der Waals surface area contributed by atoms with Crippen molar-refractivity contribution in [2.24, 2.45) is 0 Å². The van der Waals surface area contributed by atoms with Gasteiger partial charge in [0, 0.05) is 47.6 Å². The number of ether oxygens (including phenoxy) is 1. The second kappa shape index (κ2) is 11.7. The molecule has 0 aliphatic carbocycles. The molecule has 9 heteroatoms. The molecule has 0 bridgehead atoms. The number of benzene rings is 2. The molecule has 4 aromatic rings. The number of unbranched alkanes of at least 4 members (excludes halogenated alkanes) is 1. The van der Waals surface area contributed by atoms with Crippen LogP contribution in [-0.4, -0.2) is 37.6 Å². The minimum Gasteiger partial charge on any atom is -0.465 e. The minimum atomic E-state index is -3.57. The standard InChI is InChI=1S/C27H28ClN3O4S/c1-35-27(32)21-7-12-26-25(17-21)22(19-31(26)16-13-20-5-4-14-29-18-20)6-2-3-15-30-36(33,34)24-10-8-23(28)9-11-24/h4-5,7-12,14,17-19,30H,2-3,6,13,15-16H2,1H3. The Morgan fingerprint density at radius 2 is 1.89 bits per heavy atom. The molecule has 0 saturated heterocycles. The molecule has 0 spiro atoms. The fourth-order valence-electron chi connectivity index (χ4n) is 4.14. The molecular weight excluding hydrogens is 498 g/mol.